The topological polar surface area (TPSA) is 97.5 Å². The number of Topliss-reactive ketones (excluding diaryl/α,β-unsaturated/α-hetero) is 1. The molecule has 0 aliphatic rings. The molecule has 0 unspecified atom stereocenters. The lowest BCUT2D eigenvalue weighted by atomic mass is 10.1. The van der Waals surface area contributed by atoms with Gasteiger partial charge in [-0.25, -0.2) is 4.79 Å². The molecule has 0 saturated carbocycles. The molecule has 0 aliphatic heterocycles. The van der Waals surface area contributed by atoms with Crippen LogP contribution in [0.15, 0.2) is 24.3 Å². The van der Waals surface area contributed by atoms with Crippen molar-refractivity contribution in [2.75, 3.05) is 0 Å². The number of carboxylic acid groups (broad SMARTS) is 1. The van der Waals surface area contributed by atoms with Crippen LogP contribution in [0.2, 0.25) is 0 Å². The van der Waals surface area contributed by atoms with Gasteiger partial charge in [-0.05, 0) is 5.56 Å². The van der Waals surface area contributed by atoms with Crippen molar-refractivity contribution in [2.24, 2.45) is 0 Å². The van der Waals surface area contributed by atoms with Crippen molar-refractivity contribution < 1.29 is 19.6 Å². The summed E-state index contributed by atoms with van der Waals surface area (Å²) in [6.45, 7) is 0. The number of hydrogen-bond donors (Lipinski definition) is 1. The summed E-state index contributed by atoms with van der Waals surface area (Å²) >= 11 is 0. The summed E-state index contributed by atoms with van der Waals surface area (Å²) < 4.78 is 0. The second-order valence-electron chi connectivity index (χ2n) is 2.83. The summed E-state index contributed by atoms with van der Waals surface area (Å²) in [5.41, 5.74) is 0.342. The van der Waals surface area contributed by atoms with Crippen molar-refractivity contribution in [2.45, 2.75) is 6.42 Å². The molecule has 0 amide bonds. The van der Waals surface area contributed by atoms with Gasteiger partial charge in [0.25, 0.3) is 5.69 Å². The minimum absolute atomic E-state index is 0.0958. The number of carbonyl (C=O) groups is 2. The summed E-state index contributed by atoms with van der Waals surface area (Å²) in [7, 11) is 0. The highest BCUT2D eigenvalue weighted by atomic mass is 16.6. The van der Waals surface area contributed by atoms with Gasteiger partial charge in [-0.3, -0.25) is 14.9 Å². The zero-order valence-electron chi connectivity index (χ0n) is 7.54. The van der Waals surface area contributed by atoms with Crippen molar-refractivity contribution >= 4 is 17.4 Å². The van der Waals surface area contributed by atoms with E-state index in [1.165, 1.54) is 24.3 Å². The van der Waals surface area contributed by atoms with Gasteiger partial charge in [0, 0.05) is 18.6 Å². The van der Waals surface area contributed by atoms with Gasteiger partial charge in [0.1, 0.15) is 0 Å². The number of nitrogens with zero attached hydrogens (tertiary/aromatic N) is 1. The molecule has 0 fully saturated rings. The van der Waals surface area contributed by atoms with Crippen LogP contribution in [-0.2, 0) is 16.0 Å². The third kappa shape index (κ3) is 2.87. The van der Waals surface area contributed by atoms with Crippen molar-refractivity contribution in [3.05, 3.63) is 39.9 Å². The second kappa shape index (κ2) is 4.32. The van der Waals surface area contributed by atoms with E-state index in [0.717, 1.165) is 0 Å². The first kappa shape index (κ1) is 10.8. The van der Waals surface area contributed by atoms with Gasteiger partial charge in [0.05, 0.1) is 4.92 Å². The molecule has 0 radical (unpaired) electrons. The van der Waals surface area contributed by atoms with Crippen LogP contribution < -0.4 is 0 Å². The molecule has 1 aromatic rings. The molecule has 0 spiro atoms. The van der Waals surface area contributed by atoms with Gasteiger partial charge in [-0.15, -0.1) is 0 Å². The van der Waals surface area contributed by atoms with Crippen molar-refractivity contribution in [3.63, 3.8) is 0 Å². The average Bonchev–Trinajstić information content (AvgIpc) is 2.18. The predicted molar refractivity (Wildman–Crippen MR) is 49.4 cm³/mol. The van der Waals surface area contributed by atoms with Gasteiger partial charge < -0.3 is 5.11 Å². The van der Waals surface area contributed by atoms with E-state index in [9.17, 15) is 19.7 Å². The van der Waals surface area contributed by atoms with E-state index in [1.54, 1.807) is 0 Å². The Kier molecular flexibility index (Phi) is 3.12. The highest BCUT2D eigenvalue weighted by molar-refractivity contribution is 6.33. The van der Waals surface area contributed by atoms with E-state index in [-0.39, 0.29) is 12.1 Å². The van der Waals surface area contributed by atoms with E-state index >= 15 is 0 Å². The first-order valence-electron chi connectivity index (χ1n) is 4.00. The summed E-state index contributed by atoms with van der Waals surface area (Å²) in [6, 6.07) is 5.17. The van der Waals surface area contributed by atoms with Crippen molar-refractivity contribution in [1.82, 2.24) is 0 Å². The van der Waals surface area contributed by atoms with Gasteiger partial charge in [-0.1, -0.05) is 12.1 Å². The Hall–Kier alpha value is -2.24. The first-order valence-corrected chi connectivity index (χ1v) is 4.00. The Labute approximate surface area is 84.3 Å². The van der Waals surface area contributed by atoms with Crippen LogP contribution in [0, 0.1) is 10.1 Å². The maximum Gasteiger partial charge on any atom is 0.372 e. The average molecular weight is 209 g/mol. The van der Waals surface area contributed by atoms with Crippen molar-refractivity contribution in [3.8, 4) is 0 Å². The van der Waals surface area contributed by atoms with Crippen LogP contribution in [0.25, 0.3) is 0 Å². The van der Waals surface area contributed by atoms with Gasteiger partial charge in [0.15, 0.2) is 0 Å². The molecule has 0 atom stereocenters. The number of benzene rings is 1. The van der Waals surface area contributed by atoms with E-state index in [4.69, 9.17) is 5.11 Å². The molecule has 1 aromatic carbocycles. The minimum Gasteiger partial charge on any atom is -0.475 e. The lowest BCUT2D eigenvalue weighted by Gasteiger charge is -1.96. The zero-order valence-corrected chi connectivity index (χ0v) is 7.54. The van der Waals surface area contributed by atoms with Crippen LogP contribution in [-0.4, -0.2) is 21.8 Å². The largest absolute Gasteiger partial charge is 0.475 e. The van der Waals surface area contributed by atoms with Gasteiger partial charge in [0.2, 0.25) is 5.78 Å². The molecule has 1 rings (SSSR count). The third-order valence-electron chi connectivity index (χ3n) is 1.75. The molecule has 1 N–H and O–H groups in total. The van der Waals surface area contributed by atoms with Gasteiger partial charge in [-0.2, -0.15) is 0 Å². The number of rotatable bonds is 4. The Balaban J connectivity index is 2.77. The number of carboxylic acids is 1. The normalized spacial score (nSPS) is 9.60. The number of hydrogen-bond acceptors (Lipinski definition) is 4. The maximum absolute atomic E-state index is 10.8. The minimum atomic E-state index is -1.51. The summed E-state index contributed by atoms with van der Waals surface area (Å²) in [5, 5.41) is 18.6. The van der Waals surface area contributed by atoms with E-state index in [1.807, 2.05) is 0 Å². The number of aliphatic carboxylic acids is 1. The molecule has 6 heteroatoms. The summed E-state index contributed by atoms with van der Waals surface area (Å²) in [4.78, 5) is 30.7. The molecule has 15 heavy (non-hydrogen) atoms. The maximum atomic E-state index is 10.8. The Morgan fingerprint density at radius 3 is 2.20 bits per heavy atom. The molecule has 6 nitrogen and oxygen atoms in total. The van der Waals surface area contributed by atoms with Crippen LogP contribution in [0.1, 0.15) is 5.56 Å². The number of ketones is 1. The zero-order chi connectivity index (χ0) is 11.4. The molecule has 0 aromatic heterocycles. The molecular weight excluding hydrogens is 202 g/mol. The lowest BCUT2D eigenvalue weighted by Crippen LogP contribution is -2.14. The van der Waals surface area contributed by atoms with Crippen LogP contribution >= 0.6 is 0 Å². The highest BCUT2D eigenvalue weighted by Gasteiger charge is 2.12. The van der Waals surface area contributed by atoms with E-state index < -0.39 is 16.7 Å². The third-order valence-corrected chi connectivity index (χ3v) is 1.75. The number of non-ortho nitro benzene ring substituents is 1. The number of carbonyl (C=O) groups excluding carboxylic acids is 1. The second-order valence-corrected chi connectivity index (χ2v) is 2.83. The Bertz CT molecular complexity index is 409. The lowest BCUT2D eigenvalue weighted by molar-refractivity contribution is -0.384. The van der Waals surface area contributed by atoms with Gasteiger partial charge >= 0.3 is 5.97 Å². The molecule has 0 saturated heterocycles. The fourth-order valence-corrected chi connectivity index (χ4v) is 0.997. The fourth-order valence-electron chi connectivity index (χ4n) is 0.997. The SMILES string of the molecule is O=C(O)C(=O)Cc1ccc([N+](=O)[O-])cc1. The predicted octanol–water partition coefficient (Wildman–Crippen LogP) is 0.791. The van der Waals surface area contributed by atoms with E-state index in [0.29, 0.717) is 5.56 Å². The number of nitro benzene ring substituents is 1. The van der Waals surface area contributed by atoms with E-state index in [2.05, 4.69) is 0 Å². The molecule has 0 bridgehead atoms. The monoisotopic (exact) mass is 209 g/mol. The molecule has 0 aliphatic carbocycles. The first-order chi connectivity index (χ1) is 7.00. The molecular formula is C9H7NO5. The molecule has 78 valence electrons. The highest BCUT2D eigenvalue weighted by Crippen LogP contribution is 2.12. The summed E-state index contributed by atoms with van der Waals surface area (Å²) in [5.74, 6) is -2.45. The Morgan fingerprint density at radius 2 is 1.80 bits per heavy atom. The quantitative estimate of drug-likeness (QED) is 0.449. The van der Waals surface area contributed by atoms with Crippen molar-refractivity contribution in [1.29, 1.82) is 0 Å². The Morgan fingerprint density at radius 1 is 1.27 bits per heavy atom. The van der Waals surface area contributed by atoms with Crippen LogP contribution in [0.4, 0.5) is 5.69 Å². The fraction of sp³-hybridized carbons (Fsp3) is 0.111. The van der Waals surface area contributed by atoms with Crippen LogP contribution in [0.3, 0.4) is 0 Å². The molecule has 0 heterocycles. The summed E-state index contributed by atoms with van der Waals surface area (Å²) in [6.07, 6.45) is -0.257. The number of nitro groups is 1. The smallest absolute Gasteiger partial charge is 0.372 e. The standard InChI is InChI=1S/C9H7NO5/c11-8(9(12)13)5-6-1-3-7(4-2-6)10(14)15/h1-4H,5H2,(H,12,13). The van der Waals surface area contributed by atoms with Crippen LogP contribution in [0.5, 0.6) is 0 Å².